The maximum Gasteiger partial charge on any atom is 0.405 e. The van der Waals surface area contributed by atoms with E-state index in [4.69, 9.17) is 4.74 Å². The van der Waals surface area contributed by atoms with E-state index in [0.29, 0.717) is 6.61 Å². The van der Waals surface area contributed by atoms with Gasteiger partial charge < -0.3 is 15.0 Å². The van der Waals surface area contributed by atoms with Crippen LogP contribution in [0.4, 0.5) is 18.9 Å². The van der Waals surface area contributed by atoms with Crippen LogP contribution in [0.2, 0.25) is 0 Å². The molecule has 3 aromatic carbocycles. The van der Waals surface area contributed by atoms with Crippen LogP contribution in [0.3, 0.4) is 0 Å². The number of rotatable bonds is 8. The predicted octanol–water partition coefficient (Wildman–Crippen LogP) is 5.93. The summed E-state index contributed by atoms with van der Waals surface area (Å²) >= 11 is 0. The average Bonchev–Trinajstić information content (AvgIpc) is 2.91. The second kappa shape index (κ2) is 11.7. The number of nitrogens with zero attached hydrogens (tertiary/aromatic N) is 2. The third-order valence-electron chi connectivity index (χ3n) is 6.68. The minimum absolute atomic E-state index is 0.216. The normalized spacial score (nSPS) is 15.3. The number of hydrogen-bond donors (Lipinski definition) is 1. The lowest BCUT2D eigenvalue weighted by atomic mass is 10.00. The van der Waals surface area contributed by atoms with E-state index in [-0.39, 0.29) is 11.6 Å². The van der Waals surface area contributed by atoms with Gasteiger partial charge in [-0.05, 0) is 66.9 Å². The van der Waals surface area contributed by atoms with Crippen molar-refractivity contribution in [1.82, 2.24) is 10.2 Å². The molecule has 0 radical (unpaired) electrons. The number of ether oxygens (including phenoxy) is 1. The standard InChI is InChI=1S/C29H32F3N3O2/c1-3-37-27-6-4-5-25(19-27)23-9-7-22(8-10-23)21(2)34-15-17-35(18-16-34)26-13-11-24(12-14-26)28(36)33-20-29(30,31)32/h4-14,19,21H,3,15-18,20H2,1-2H3,(H,33,36). The molecule has 0 spiro atoms. The van der Waals surface area contributed by atoms with Crippen LogP contribution in [0.25, 0.3) is 11.1 Å². The van der Waals surface area contributed by atoms with E-state index < -0.39 is 18.6 Å². The van der Waals surface area contributed by atoms with Crippen LogP contribution in [0.5, 0.6) is 5.75 Å². The van der Waals surface area contributed by atoms with Gasteiger partial charge in [0.2, 0.25) is 0 Å². The second-order valence-corrected chi connectivity index (χ2v) is 9.13. The fourth-order valence-corrected chi connectivity index (χ4v) is 4.57. The number of anilines is 1. The van der Waals surface area contributed by atoms with Gasteiger partial charge in [0.1, 0.15) is 12.3 Å². The highest BCUT2D eigenvalue weighted by atomic mass is 19.4. The van der Waals surface area contributed by atoms with E-state index in [1.807, 2.05) is 24.4 Å². The molecular weight excluding hydrogens is 479 g/mol. The quantitative estimate of drug-likeness (QED) is 0.407. The van der Waals surface area contributed by atoms with Crippen LogP contribution in [-0.2, 0) is 0 Å². The van der Waals surface area contributed by atoms with E-state index in [1.165, 1.54) is 5.56 Å². The highest BCUT2D eigenvalue weighted by Gasteiger charge is 2.28. The molecule has 3 aromatic rings. The number of halogens is 3. The van der Waals surface area contributed by atoms with Gasteiger partial charge >= 0.3 is 6.18 Å². The Kier molecular flexibility index (Phi) is 8.38. The molecule has 37 heavy (non-hydrogen) atoms. The lowest BCUT2D eigenvalue weighted by molar-refractivity contribution is -0.123. The van der Waals surface area contributed by atoms with Crippen molar-refractivity contribution in [2.24, 2.45) is 0 Å². The Morgan fingerprint density at radius 2 is 1.62 bits per heavy atom. The fraction of sp³-hybridized carbons (Fsp3) is 0.345. The van der Waals surface area contributed by atoms with E-state index in [9.17, 15) is 18.0 Å². The molecule has 1 N–H and O–H groups in total. The first-order chi connectivity index (χ1) is 17.7. The van der Waals surface area contributed by atoms with Crippen molar-refractivity contribution in [1.29, 1.82) is 0 Å². The number of carbonyl (C=O) groups excluding carboxylic acids is 1. The van der Waals surface area contributed by atoms with Gasteiger partial charge in [0.25, 0.3) is 5.91 Å². The van der Waals surface area contributed by atoms with Crippen LogP contribution in [0.15, 0.2) is 72.8 Å². The lowest BCUT2D eigenvalue weighted by Gasteiger charge is -2.39. The molecule has 0 aromatic heterocycles. The molecule has 1 saturated heterocycles. The highest BCUT2D eigenvalue weighted by Crippen LogP contribution is 2.28. The summed E-state index contributed by atoms with van der Waals surface area (Å²) in [5, 5.41) is 1.90. The first kappa shape index (κ1) is 26.5. The van der Waals surface area contributed by atoms with E-state index >= 15 is 0 Å². The Morgan fingerprint density at radius 1 is 0.946 bits per heavy atom. The maximum absolute atomic E-state index is 12.3. The molecule has 4 rings (SSSR count). The molecule has 196 valence electrons. The molecule has 1 fully saturated rings. The zero-order valence-electron chi connectivity index (χ0n) is 21.1. The Bertz CT molecular complexity index is 1170. The van der Waals surface area contributed by atoms with Crippen molar-refractivity contribution in [3.8, 4) is 16.9 Å². The monoisotopic (exact) mass is 511 g/mol. The number of hydrogen-bond acceptors (Lipinski definition) is 4. The van der Waals surface area contributed by atoms with Gasteiger partial charge in [-0.1, -0.05) is 36.4 Å². The summed E-state index contributed by atoms with van der Waals surface area (Å²) in [5.74, 6) is 0.144. The van der Waals surface area contributed by atoms with Crippen LogP contribution in [0, 0.1) is 0 Å². The molecule has 1 atom stereocenters. The number of nitrogens with one attached hydrogen (secondary N) is 1. The van der Waals surface area contributed by atoms with Crippen molar-refractivity contribution in [2.45, 2.75) is 26.1 Å². The summed E-state index contributed by atoms with van der Waals surface area (Å²) in [4.78, 5) is 16.6. The number of piperazine rings is 1. The molecule has 1 heterocycles. The molecule has 8 heteroatoms. The number of carbonyl (C=O) groups is 1. The Balaban J connectivity index is 1.31. The molecular formula is C29H32F3N3O2. The van der Waals surface area contributed by atoms with Gasteiger partial charge in [-0.2, -0.15) is 13.2 Å². The summed E-state index contributed by atoms with van der Waals surface area (Å²) < 4.78 is 42.6. The van der Waals surface area contributed by atoms with E-state index in [1.54, 1.807) is 24.3 Å². The topological polar surface area (TPSA) is 44.8 Å². The molecule has 0 aliphatic carbocycles. The SMILES string of the molecule is CCOc1cccc(-c2ccc(C(C)N3CCN(c4ccc(C(=O)NCC(F)(F)F)cc4)CC3)cc2)c1. The third-order valence-corrected chi connectivity index (χ3v) is 6.68. The van der Waals surface area contributed by atoms with Gasteiger partial charge in [0.15, 0.2) is 0 Å². The summed E-state index contributed by atoms with van der Waals surface area (Å²) in [6, 6.07) is 23.8. The Labute approximate surface area is 215 Å². The number of benzene rings is 3. The molecule has 1 aliphatic heterocycles. The third kappa shape index (κ3) is 7.04. The van der Waals surface area contributed by atoms with Crippen molar-refractivity contribution in [2.75, 3.05) is 44.2 Å². The highest BCUT2D eigenvalue weighted by molar-refractivity contribution is 5.94. The second-order valence-electron chi connectivity index (χ2n) is 9.13. The average molecular weight is 512 g/mol. The first-order valence-electron chi connectivity index (χ1n) is 12.5. The fourth-order valence-electron chi connectivity index (χ4n) is 4.57. The molecule has 1 aliphatic rings. The van der Waals surface area contributed by atoms with Crippen molar-refractivity contribution >= 4 is 11.6 Å². The molecule has 1 unspecified atom stereocenters. The first-order valence-corrected chi connectivity index (χ1v) is 12.5. The van der Waals surface area contributed by atoms with Gasteiger partial charge in [0.05, 0.1) is 6.61 Å². The van der Waals surface area contributed by atoms with Crippen LogP contribution >= 0.6 is 0 Å². The predicted molar refractivity (Wildman–Crippen MR) is 140 cm³/mol. The zero-order chi connectivity index (χ0) is 26.4. The van der Waals surface area contributed by atoms with Gasteiger partial charge in [-0.15, -0.1) is 0 Å². The van der Waals surface area contributed by atoms with Crippen LogP contribution in [-0.4, -0.2) is 56.3 Å². The van der Waals surface area contributed by atoms with E-state index in [0.717, 1.165) is 48.7 Å². The zero-order valence-corrected chi connectivity index (χ0v) is 21.1. The van der Waals surface area contributed by atoms with Crippen molar-refractivity contribution in [3.63, 3.8) is 0 Å². The minimum Gasteiger partial charge on any atom is -0.494 e. The minimum atomic E-state index is -4.43. The largest absolute Gasteiger partial charge is 0.494 e. The molecule has 1 amide bonds. The van der Waals surface area contributed by atoms with Gasteiger partial charge in [-0.25, -0.2) is 0 Å². The molecule has 0 bridgehead atoms. The summed E-state index contributed by atoms with van der Waals surface area (Å²) in [7, 11) is 0. The summed E-state index contributed by atoms with van der Waals surface area (Å²) in [6.07, 6.45) is -4.43. The summed E-state index contributed by atoms with van der Waals surface area (Å²) in [5.41, 5.74) is 4.71. The van der Waals surface area contributed by atoms with Crippen LogP contribution < -0.4 is 15.0 Å². The lowest BCUT2D eigenvalue weighted by Crippen LogP contribution is -2.47. The summed E-state index contributed by atoms with van der Waals surface area (Å²) in [6.45, 7) is 6.91. The maximum atomic E-state index is 12.3. The van der Waals surface area contributed by atoms with Gasteiger partial charge in [0, 0.05) is 43.5 Å². The molecule has 0 saturated carbocycles. The van der Waals surface area contributed by atoms with Gasteiger partial charge in [-0.3, -0.25) is 9.69 Å². The van der Waals surface area contributed by atoms with E-state index in [2.05, 4.69) is 53.1 Å². The number of amides is 1. The van der Waals surface area contributed by atoms with Crippen molar-refractivity contribution < 1.29 is 22.7 Å². The Morgan fingerprint density at radius 3 is 2.24 bits per heavy atom. The smallest absolute Gasteiger partial charge is 0.405 e. The van der Waals surface area contributed by atoms with Crippen molar-refractivity contribution in [3.05, 3.63) is 83.9 Å². The number of alkyl halides is 3. The van der Waals surface area contributed by atoms with Crippen LogP contribution in [0.1, 0.15) is 35.8 Å². The molecule has 5 nitrogen and oxygen atoms in total. The Hall–Kier alpha value is -3.52.